The Morgan fingerprint density at radius 3 is 3.05 bits per heavy atom. The van der Waals surface area contributed by atoms with Gasteiger partial charge in [0.05, 0.1) is 6.61 Å². The van der Waals surface area contributed by atoms with Crippen molar-refractivity contribution in [3.05, 3.63) is 33.9 Å². The van der Waals surface area contributed by atoms with Crippen LogP contribution in [0.4, 0.5) is 0 Å². The standard InChI is InChI=1S/C12H16BNO5/c1-2-3-7-18-10-6-4-5-9-11(8-14(16)17)19-13(15)12(9)10/h4-6,11,15H,2-3,7-8H2,1H3. The van der Waals surface area contributed by atoms with Gasteiger partial charge in [-0.05, 0) is 18.1 Å². The first-order valence-corrected chi connectivity index (χ1v) is 6.34. The van der Waals surface area contributed by atoms with Crippen LogP contribution in [-0.2, 0) is 4.65 Å². The van der Waals surface area contributed by atoms with Crippen molar-refractivity contribution in [1.29, 1.82) is 0 Å². The minimum absolute atomic E-state index is 0.359. The second-order valence-corrected chi connectivity index (χ2v) is 4.45. The van der Waals surface area contributed by atoms with E-state index in [2.05, 4.69) is 6.92 Å². The molecule has 0 aliphatic carbocycles. The fourth-order valence-corrected chi connectivity index (χ4v) is 2.13. The Morgan fingerprint density at radius 2 is 2.37 bits per heavy atom. The van der Waals surface area contributed by atoms with Gasteiger partial charge in [0.1, 0.15) is 11.9 Å². The predicted molar refractivity (Wildman–Crippen MR) is 70.1 cm³/mol. The lowest BCUT2D eigenvalue weighted by molar-refractivity contribution is -0.490. The van der Waals surface area contributed by atoms with Gasteiger partial charge in [0.25, 0.3) is 0 Å². The average molecular weight is 265 g/mol. The SMILES string of the molecule is CCCCOc1cccc2c1B(O)OC2C[N+](=O)[O-]. The summed E-state index contributed by atoms with van der Waals surface area (Å²) in [5.74, 6) is 0.546. The molecule has 19 heavy (non-hydrogen) atoms. The molecule has 2 rings (SSSR count). The van der Waals surface area contributed by atoms with Crippen LogP contribution in [0.2, 0.25) is 0 Å². The summed E-state index contributed by atoms with van der Waals surface area (Å²) < 4.78 is 10.8. The average Bonchev–Trinajstić information content (AvgIpc) is 2.67. The molecule has 0 saturated heterocycles. The highest BCUT2D eigenvalue weighted by Crippen LogP contribution is 2.27. The van der Waals surface area contributed by atoms with Crippen LogP contribution in [-0.4, -0.2) is 30.2 Å². The molecule has 1 aromatic rings. The molecule has 0 fully saturated rings. The van der Waals surface area contributed by atoms with Gasteiger partial charge in [0.2, 0.25) is 6.54 Å². The van der Waals surface area contributed by atoms with Crippen LogP contribution >= 0.6 is 0 Å². The zero-order valence-corrected chi connectivity index (χ0v) is 10.7. The lowest BCUT2D eigenvalue weighted by Gasteiger charge is -2.10. The Morgan fingerprint density at radius 1 is 1.58 bits per heavy atom. The molecule has 1 atom stereocenters. The summed E-state index contributed by atoms with van der Waals surface area (Å²) in [5, 5.41) is 20.5. The van der Waals surface area contributed by atoms with Gasteiger partial charge in [0.15, 0.2) is 0 Å². The van der Waals surface area contributed by atoms with Crippen molar-refractivity contribution in [3.8, 4) is 5.75 Å². The van der Waals surface area contributed by atoms with Gasteiger partial charge >= 0.3 is 7.12 Å². The molecule has 0 spiro atoms. The van der Waals surface area contributed by atoms with E-state index < -0.39 is 18.1 Å². The topological polar surface area (TPSA) is 81.8 Å². The van der Waals surface area contributed by atoms with E-state index in [0.717, 1.165) is 12.8 Å². The van der Waals surface area contributed by atoms with E-state index in [-0.39, 0.29) is 6.54 Å². The second-order valence-electron chi connectivity index (χ2n) is 4.45. The van der Waals surface area contributed by atoms with E-state index >= 15 is 0 Å². The molecule has 1 aliphatic rings. The summed E-state index contributed by atoms with van der Waals surface area (Å²) in [4.78, 5) is 10.1. The maximum atomic E-state index is 10.6. The van der Waals surface area contributed by atoms with Crippen molar-refractivity contribution in [2.75, 3.05) is 13.2 Å². The van der Waals surface area contributed by atoms with Gasteiger partial charge in [-0.25, -0.2) is 0 Å². The molecule has 0 bridgehead atoms. The van der Waals surface area contributed by atoms with Gasteiger partial charge in [-0.1, -0.05) is 25.5 Å². The molecule has 1 heterocycles. The summed E-state index contributed by atoms with van der Waals surface area (Å²) in [5.41, 5.74) is 1.16. The van der Waals surface area contributed by atoms with E-state index in [4.69, 9.17) is 9.39 Å². The van der Waals surface area contributed by atoms with Crippen molar-refractivity contribution in [3.63, 3.8) is 0 Å². The molecule has 1 aromatic carbocycles. The number of benzene rings is 1. The fraction of sp³-hybridized carbons (Fsp3) is 0.500. The Hall–Kier alpha value is -1.60. The molecule has 102 valence electrons. The molecule has 0 aromatic heterocycles. The van der Waals surface area contributed by atoms with Crippen LogP contribution in [0.5, 0.6) is 5.75 Å². The van der Waals surface area contributed by atoms with E-state index in [1.54, 1.807) is 18.2 Å². The second kappa shape index (κ2) is 6.03. The van der Waals surface area contributed by atoms with E-state index in [1.165, 1.54) is 0 Å². The summed E-state index contributed by atoms with van der Waals surface area (Å²) in [6, 6.07) is 5.23. The number of hydrogen-bond donors (Lipinski definition) is 1. The maximum Gasteiger partial charge on any atom is 0.496 e. The monoisotopic (exact) mass is 265 g/mol. The number of unbranched alkanes of at least 4 members (excludes halogenated alkanes) is 1. The molecule has 6 nitrogen and oxygen atoms in total. The number of rotatable bonds is 6. The molecule has 1 aliphatic heterocycles. The first-order chi connectivity index (χ1) is 9.13. The number of ether oxygens (including phenoxy) is 1. The van der Waals surface area contributed by atoms with E-state index in [0.29, 0.717) is 23.4 Å². The largest absolute Gasteiger partial charge is 0.496 e. The third-order valence-corrected chi connectivity index (χ3v) is 3.06. The van der Waals surface area contributed by atoms with Crippen LogP contribution in [0.3, 0.4) is 0 Å². The smallest absolute Gasteiger partial charge is 0.494 e. The minimum atomic E-state index is -1.15. The third-order valence-electron chi connectivity index (χ3n) is 3.06. The maximum absolute atomic E-state index is 10.6. The zero-order valence-electron chi connectivity index (χ0n) is 10.7. The third kappa shape index (κ3) is 3.05. The number of nitrogens with zero attached hydrogens (tertiary/aromatic N) is 1. The van der Waals surface area contributed by atoms with Crippen molar-refractivity contribution >= 4 is 12.6 Å². The van der Waals surface area contributed by atoms with Crippen molar-refractivity contribution in [2.24, 2.45) is 0 Å². The minimum Gasteiger partial charge on any atom is -0.494 e. The Balaban J connectivity index is 2.20. The summed E-state index contributed by atoms with van der Waals surface area (Å²) in [6.45, 7) is 2.26. The highest BCUT2D eigenvalue weighted by molar-refractivity contribution is 6.62. The zero-order chi connectivity index (χ0) is 13.8. The Labute approximate surface area is 111 Å². The summed E-state index contributed by atoms with van der Waals surface area (Å²) in [7, 11) is -1.15. The van der Waals surface area contributed by atoms with Crippen molar-refractivity contribution < 1.29 is 19.3 Å². The lowest BCUT2D eigenvalue weighted by Crippen LogP contribution is -2.30. The van der Waals surface area contributed by atoms with Gasteiger partial charge in [-0.3, -0.25) is 10.1 Å². The van der Waals surface area contributed by atoms with Gasteiger partial charge in [0, 0.05) is 10.4 Å². The molecule has 0 amide bonds. The van der Waals surface area contributed by atoms with Crippen molar-refractivity contribution in [1.82, 2.24) is 0 Å². The van der Waals surface area contributed by atoms with E-state index in [9.17, 15) is 15.1 Å². The lowest BCUT2D eigenvalue weighted by atomic mass is 9.78. The number of nitro groups is 1. The summed E-state index contributed by atoms with van der Waals surface area (Å²) >= 11 is 0. The molecule has 7 heteroatoms. The van der Waals surface area contributed by atoms with Crippen LogP contribution < -0.4 is 10.2 Å². The number of hydrogen-bond acceptors (Lipinski definition) is 5. The summed E-state index contributed by atoms with van der Waals surface area (Å²) in [6.07, 6.45) is 1.21. The molecular formula is C12H16BNO5. The Bertz CT molecular complexity index is 467. The first-order valence-electron chi connectivity index (χ1n) is 6.34. The van der Waals surface area contributed by atoms with Gasteiger partial charge in [-0.2, -0.15) is 0 Å². The first kappa shape index (κ1) is 13.8. The quantitative estimate of drug-likeness (QED) is 0.357. The van der Waals surface area contributed by atoms with Gasteiger partial charge in [-0.15, -0.1) is 0 Å². The van der Waals surface area contributed by atoms with Gasteiger partial charge < -0.3 is 14.4 Å². The molecule has 1 N–H and O–H groups in total. The molecular weight excluding hydrogens is 249 g/mol. The molecule has 0 saturated carbocycles. The highest BCUT2D eigenvalue weighted by Gasteiger charge is 2.40. The fourth-order valence-electron chi connectivity index (χ4n) is 2.13. The van der Waals surface area contributed by atoms with Crippen LogP contribution in [0, 0.1) is 10.1 Å². The van der Waals surface area contributed by atoms with Crippen LogP contribution in [0.15, 0.2) is 18.2 Å². The van der Waals surface area contributed by atoms with Crippen molar-refractivity contribution in [2.45, 2.75) is 25.9 Å². The molecule has 0 radical (unpaired) electrons. The van der Waals surface area contributed by atoms with Crippen LogP contribution in [0.25, 0.3) is 0 Å². The normalized spacial score (nSPS) is 17.4. The van der Waals surface area contributed by atoms with E-state index in [1.807, 2.05) is 0 Å². The highest BCUT2D eigenvalue weighted by atomic mass is 16.6. The Kier molecular flexibility index (Phi) is 4.39. The molecule has 1 unspecified atom stereocenters. The predicted octanol–water partition coefficient (Wildman–Crippen LogP) is 0.901. The van der Waals surface area contributed by atoms with Crippen LogP contribution in [0.1, 0.15) is 31.4 Å². The number of fused-ring (bicyclic) bond motifs is 1.